The summed E-state index contributed by atoms with van der Waals surface area (Å²) in [6.07, 6.45) is 6.68. The molecule has 6 heteroatoms. The number of ether oxygens (including phenoxy) is 1. The van der Waals surface area contributed by atoms with Crippen LogP contribution in [0.1, 0.15) is 44.6 Å². The van der Waals surface area contributed by atoms with Crippen LogP contribution in [0.4, 0.5) is 0 Å². The summed E-state index contributed by atoms with van der Waals surface area (Å²) < 4.78 is 37.1. The average Bonchev–Trinajstić information content (AvgIpc) is 2.53. The van der Waals surface area contributed by atoms with E-state index in [0.717, 1.165) is 24.8 Å². The second-order valence-electron chi connectivity index (χ2n) is 6.05. The largest absolute Gasteiger partial charge is 0.508 e. The van der Waals surface area contributed by atoms with Crippen molar-refractivity contribution in [2.24, 2.45) is 0 Å². The number of unbranched alkanes of at least 4 members (excludes halogenated alkanes) is 4. The third-order valence-electron chi connectivity index (χ3n) is 3.86. The molecular formula is C19H24O5S. The van der Waals surface area contributed by atoms with Gasteiger partial charge in [0.15, 0.2) is 0 Å². The van der Waals surface area contributed by atoms with Gasteiger partial charge < -0.3 is 9.84 Å². The van der Waals surface area contributed by atoms with Crippen LogP contribution >= 0.6 is 0 Å². The van der Waals surface area contributed by atoms with E-state index < -0.39 is 10.1 Å². The van der Waals surface area contributed by atoms with Crippen LogP contribution in [0.2, 0.25) is 0 Å². The lowest BCUT2D eigenvalue weighted by molar-refractivity contribution is 0.451. The van der Waals surface area contributed by atoms with Gasteiger partial charge in [-0.15, -0.1) is 0 Å². The van der Waals surface area contributed by atoms with Gasteiger partial charge in [0, 0.05) is 12.1 Å². The minimum Gasteiger partial charge on any atom is -0.508 e. The zero-order valence-corrected chi connectivity index (χ0v) is 15.1. The maximum absolute atomic E-state index is 11.2. The highest BCUT2D eigenvalue weighted by Crippen LogP contribution is 2.28. The Hall–Kier alpha value is -2.05. The number of benzene rings is 2. The minimum atomic E-state index is -4.28. The van der Waals surface area contributed by atoms with Crippen molar-refractivity contribution in [1.29, 1.82) is 0 Å². The molecule has 0 aliphatic rings. The Labute approximate surface area is 149 Å². The SMILES string of the molecule is CCCCCCCc1cc(O)cc(Oc2cccc(S(=O)(=O)O)c2)c1. The number of rotatable bonds is 9. The average molecular weight is 364 g/mol. The normalized spacial score (nSPS) is 11.4. The fraction of sp³-hybridized carbons (Fsp3) is 0.368. The van der Waals surface area contributed by atoms with Crippen LogP contribution in [0.25, 0.3) is 0 Å². The van der Waals surface area contributed by atoms with Gasteiger partial charge in [-0.1, -0.05) is 38.7 Å². The standard InChI is InChI=1S/C19H24O5S/c1-2-3-4-5-6-8-15-11-16(20)13-18(12-15)24-17-9-7-10-19(14-17)25(21,22)23/h7,9-14,20H,2-6,8H2,1H3,(H,21,22,23). The van der Waals surface area contributed by atoms with Crippen molar-refractivity contribution in [2.45, 2.75) is 50.3 Å². The molecular weight excluding hydrogens is 340 g/mol. The topological polar surface area (TPSA) is 83.8 Å². The molecule has 0 spiro atoms. The van der Waals surface area contributed by atoms with Crippen molar-refractivity contribution in [3.63, 3.8) is 0 Å². The van der Waals surface area contributed by atoms with Gasteiger partial charge in [-0.3, -0.25) is 4.55 Å². The Morgan fingerprint density at radius 3 is 2.44 bits per heavy atom. The Balaban J connectivity index is 2.07. The van der Waals surface area contributed by atoms with Crippen LogP contribution in [0.3, 0.4) is 0 Å². The highest BCUT2D eigenvalue weighted by molar-refractivity contribution is 7.85. The number of aryl methyl sites for hydroxylation is 1. The van der Waals surface area contributed by atoms with Crippen LogP contribution in [-0.4, -0.2) is 18.1 Å². The molecule has 0 aliphatic heterocycles. The zero-order valence-electron chi connectivity index (χ0n) is 14.3. The quantitative estimate of drug-likeness (QED) is 0.486. The third kappa shape index (κ3) is 6.40. The highest BCUT2D eigenvalue weighted by Gasteiger charge is 2.11. The maximum Gasteiger partial charge on any atom is 0.294 e. The van der Waals surface area contributed by atoms with E-state index in [1.807, 2.05) is 6.07 Å². The minimum absolute atomic E-state index is 0.104. The molecule has 0 radical (unpaired) electrons. The molecule has 0 bridgehead atoms. The monoisotopic (exact) mass is 364 g/mol. The first kappa shape index (κ1) is 19.3. The number of hydrogen-bond acceptors (Lipinski definition) is 4. The van der Waals surface area contributed by atoms with Gasteiger partial charge in [0.05, 0.1) is 4.90 Å². The summed E-state index contributed by atoms with van der Waals surface area (Å²) in [6.45, 7) is 2.18. The van der Waals surface area contributed by atoms with Crippen LogP contribution in [0, 0.1) is 0 Å². The molecule has 0 unspecified atom stereocenters. The predicted molar refractivity (Wildman–Crippen MR) is 96.9 cm³/mol. The lowest BCUT2D eigenvalue weighted by Crippen LogP contribution is -1.98. The first-order valence-corrected chi connectivity index (χ1v) is 9.91. The summed E-state index contributed by atoms with van der Waals surface area (Å²) in [5.41, 5.74) is 0.970. The summed E-state index contributed by atoms with van der Waals surface area (Å²) in [7, 11) is -4.28. The van der Waals surface area contributed by atoms with Crippen molar-refractivity contribution in [2.75, 3.05) is 0 Å². The summed E-state index contributed by atoms with van der Waals surface area (Å²) in [6, 6.07) is 10.6. The molecule has 0 fully saturated rings. The fourth-order valence-corrected chi connectivity index (χ4v) is 3.13. The Morgan fingerprint density at radius 1 is 0.960 bits per heavy atom. The number of phenols is 1. The molecule has 2 rings (SSSR count). The predicted octanol–water partition coefficient (Wildman–Crippen LogP) is 4.94. The summed E-state index contributed by atoms with van der Waals surface area (Å²) in [4.78, 5) is -0.235. The van der Waals surface area contributed by atoms with Gasteiger partial charge in [-0.05, 0) is 42.7 Å². The van der Waals surface area contributed by atoms with Crippen LogP contribution in [0.15, 0.2) is 47.4 Å². The number of hydrogen-bond donors (Lipinski definition) is 2. The smallest absolute Gasteiger partial charge is 0.294 e. The summed E-state index contributed by atoms with van der Waals surface area (Å²) >= 11 is 0. The van der Waals surface area contributed by atoms with Crippen LogP contribution < -0.4 is 4.74 Å². The van der Waals surface area contributed by atoms with E-state index in [9.17, 15) is 13.5 Å². The van der Waals surface area contributed by atoms with Gasteiger partial charge in [0.25, 0.3) is 10.1 Å². The van der Waals surface area contributed by atoms with E-state index in [2.05, 4.69) is 6.92 Å². The van der Waals surface area contributed by atoms with E-state index in [1.165, 1.54) is 43.5 Å². The summed E-state index contributed by atoms with van der Waals surface area (Å²) in [5.74, 6) is 0.803. The Morgan fingerprint density at radius 2 is 1.72 bits per heavy atom. The molecule has 0 saturated carbocycles. The van der Waals surface area contributed by atoms with Gasteiger partial charge in [-0.25, -0.2) is 0 Å². The molecule has 0 heterocycles. The molecule has 0 amide bonds. The fourth-order valence-electron chi connectivity index (χ4n) is 2.61. The first-order valence-electron chi connectivity index (χ1n) is 8.47. The van der Waals surface area contributed by atoms with Gasteiger partial charge in [-0.2, -0.15) is 8.42 Å². The lowest BCUT2D eigenvalue weighted by Gasteiger charge is -2.10. The second-order valence-corrected chi connectivity index (χ2v) is 7.47. The molecule has 25 heavy (non-hydrogen) atoms. The van der Waals surface area contributed by atoms with E-state index >= 15 is 0 Å². The van der Waals surface area contributed by atoms with Crippen molar-refractivity contribution in [3.05, 3.63) is 48.0 Å². The molecule has 2 aromatic carbocycles. The molecule has 2 aromatic rings. The van der Waals surface area contributed by atoms with Crippen LogP contribution in [0.5, 0.6) is 17.2 Å². The number of phenolic OH excluding ortho intramolecular Hbond substituents is 1. The van der Waals surface area contributed by atoms with Crippen LogP contribution in [-0.2, 0) is 16.5 Å². The van der Waals surface area contributed by atoms with Gasteiger partial charge in [0.2, 0.25) is 0 Å². The van der Waals surface area contributed by atoms with Crippen molar-refractivity contribution < 1.29 is 22.8 Å². The Kier molecular flexibility index (Phi) is 6.84. The molecule has 2 N–H and O–H groups in total. The first-order chi connectivity index (χ1) is 11.9. The number of aromatic hydroxyl groups is 1. The van der Waals surface area contributed by atoms with Gasteiger partial charge in [0.1, 0.15) is 17.2 Å². The Bertz CT molecular complexity index is 799. The van der Waals surface area contributed by atoms with E-state index in [4.69, 9.17) is 9.29 Å². The maximum atomic E-state index is 11.2. The molecule has 136 valence electrons. The molecule has 5 nitrogen and oxygen atoms in total. The van der Waals surface area contributed by atoms with E-state index in [-0.39, 0.29) is 16.4 Å². The molecule has 0 aromatic heterocycles. The summed E-state index contributed by atoms with van der Waals surface area (Å²) in [5, 5.41) is 9.88. The second kappa shape index (κ2) is 8.87. The van der Waals surface area contributed by atoms with Crippen molar-refractivity contribution in [3.8, 4) is 17.2 Å². The highest BCUT2D eigenvalue weighted by atomic mass is 32.2. The molecule has 0 atom stereocenters. The lowest BCUT2D eigenvalue weighted by atomic mass is 10.0. The zero-order chi connectivity index (χ0) is 18.3. The molecule has 0 saturated heterocycles. The van der Waals surface area contributed by atoms with E-state index in [0.29, 0.717) is 5.75 Å². The third-order valence-corrected chi connectivity index (χ3v) is 4.71. The molecule has 0 aliphatic carbocycles. The van der Waals surface area contributed by atoms with Crippen molar-refractivity contribution >= 4 is 10.1 Å². The van der Waals surface area contributed by atoms with E-state index in [1.54, 1.807) is 12.1 Å². The van der Waals surface area contributed by atoms with Crippen molar-refractivity contribution in [1.82, 2.24) is 0 Å². The van der Waals surface area contributed by atoms with Gasteiger partial charge >= 0.3 is 0 Å².